The Morgan fingerprint density at radius 1 is 0.846 bits per heavy atom. The summed E-state index contributed by atoms with van der Waals surface area (Å²) in [5.41, 5.74) is 0. The molecule has 2 aliphatic rings. The van der Waals surface area contributed by atoms with Gasteiger partial charge in [-0.15, -0.1) is 0 Å². The lowest BCUT2D eigenvalue weighted by molar-refractivity contribution is -0.321. The lowest BCUT2D eigenvalue weighted by Gasteiger charge is -2.41. The van der Waals surface area contributed by atoms with Crippen LogP contribution in [0.4, 0.5) is 0 Å². The first-order chi connectivity index (χ1) is 12.2. The molecule has 2 rings (SSSR count). The zero-order valence-electron chi connectivity index (χ0n) is 14.9. The first-order valence-corrected chi connectivity index (χ1v) is 8.81. The minimum Gasteiger partial charge on any atom is -0.388 e. The smallest absolute Gasteiger partial charge is 0.186 e. The normalized spacial score (nSPS) is 44.4. The van der Waals surface area contributed by atoms with Crippen molar-refractivity contribution in [3.63, 3.8) is 0 Å². The maximum atomic E-state index is 10.1. The van der Waals surface area contributed by atoms with Crippen molar-refractivity contribution in [2.24, 2.45) is 5.92 Å². The van der Waals surface area contributed by atoms with Gasteiger partial charge in [-0.2, -0.15) is 0 Å². The summed E-state index contributed by atoms with van der Waals surface area (Å²) in [6.45, 7) is 3.82. The Labute approximate surface area is 151 Å². The summed E-state index contributed by atoms with van der Waals surface area (Å²) in [6.07, 6.45) is -11.2. The van der Waals surface area contributed by atoms with E-state index < -0.39 is 55.3 Å². The van der Waals surface area contributed by atoms with E-state index in [-0.39, 0.29) is 13.2 Å². The monoisotopic (exact) mass is 382 g/mol. The van der Waals surface area contributed by atoms with E-state index in [0.717, 1.165) is 6.42 Å². The van der Waals surface area contributed by atoms with E-state index in [1.165, 1.54) is 0 Å². The quantitative estimate of drug-likeness (QED) is 0.274. The van der Waals surface area contributed by atoms with Gasteiger partial charge < -0.3 is 49.6 Å². The molecule has 0 radical (unpaired) electrons. The first kappa shape index (κ1) is 21.9. The lowest BCUT2D eigenvalue weighted by Crippen LogP contribution is -2.60. The van der Waals surface area contributed by atoms with E-state index in [1.54, 1.807) is 0 Å². The van der Waals surface area contributed by atoms with Crippen LogP contribution in [0.15, 0.2) is 0 Å². The lowest BCUT2D eigenvalue weighted by atomic mass is 9.99. The predicted molar refractivity (Wildman–Crippen MR) is 85.8 cm³/mol. The molecule has 0 aromatic rings. The van der Waals surface area contributed by atoms with Crippen LogP contribution in [0.25, 0.3) is 0 Å². The van der Waals surface area contributed by atoms with Crippen LogP contribution in [0.3, 0.4) is 0 Å². The summed E-state index contributed by atoms with van der Waals surface area (Å²) < 4.78 is 21.4. The Balaban J connectivity index is 1.88. The average molecular weight is 382 g/mol. The van der Waals surface area contributed by atoms with E-state index in [9.17, 15) is 30.6 Å². The molecule has 0 aliphatic carbocycles. The van der Waals surface area contributed by atoms with Gasteiger partial charge in [-0.1, -0.05) is 13.8 Å². The average Bonchev–Trinajstić information content (AvgIpc) is 2.60. The van der Waals surface area contributed by atoms with Crippen LogP contribution >= 0.6 is 0 Å². The van der Waals surface area contributed by atoms with E-state index >= 15 is 0 Å². The minimum atomic E-state index is -1.49. The van der Waals surface area contributed by atoms with Gasteiger partial charge in [0, 0.05) is 0 Å². The zero-order valence-corrected chi connectivity index (χ0v) is 14.9. The van der Waals surface area contributed by atoms with E-state index in [0.29, 0.717) is 12.5 Å². The van der Waals surface area contributed by atoms with Gasteiger partial charge in [0.1, 0.15) is 42.7 Å². The minimum absolute atomic E-state index is 0.223. The molecular weight excluding hydrogens is 352 g/mol. The van der Waals surface area contributed by atoms with Crippen LogP contribution in [-0.2, 0) is 18.9 Å². The fourth-order valence-corrected chi connectivity index (χ4v) is 2.73. The number of aliphatic hydroxyl groups excluding tert-OH is 6. The molecule has 2 fully saturated rings. The van der Waals surface area contributed by atoms with Gasteiger partial charge in [-0.05, 0) is 12.3 Å². The van der Waals surface area contributed by atoms with Crippen LogP contribution < -0.4 is 0 Å². The second-order valence-electron chi connectivity index (χ2n) is 7.15. The topological polar surface area (TPSA) is 158 Å². The molecule has 2 heterocycles. The van der Waals surface area contributed by atoms with Gasteiger partial charge in [-0.25, -0.2) is 0 Å². The van der Waals surface area contributed by atoms with Crippen molar-refractivity contribution in [2.75, 3.05) is 19.8 Å². The summed E-state index contributed by atoms with van der Waals surface area (Å²) in [6, 6.07) is 0. The third kappa shape index (κ3) is 5.32. The molecule has 0 aromatic carbocycles. The number of hydrogen-bond donors (Lipinski definition) is 6. The van der Waals surface area contributed by atoms with Gasteiger partial charge in [0.2, 0.25) is 0 Å². The Bertz CT molecular complexity index is 422. The molecule has 6 N–H and O–H groups in total. The summed E-state index contributed by atoms with van der Waals surface area (Å²) >= 11 is 0. The standard InChI is InChI=1S/C16H30O10/c1-7(2)3-4-23-16-14(22)12(20)11(19)9(26-16)6-25-15-13(21)10(18)8(17)5-24-15/h7-22H,3-6H2,1-2H3/t8-,9-,10+,11-,12+,13-,14-,15+,16-/m1/s1. The van der Waals surface area contributed by atoms with Crippen molar-refractivity contribution >= 4 is 0 Å². The molecule has 0 spiro atoms. The van der Waals surface area contributed by atoms with Crippen molar-refractivity contribution < 1.29 is 49.6 Å². The van der Waals surface area contributed by atoms with E-state index in [1.807, 2.05) is 13.8 Å². The Morgan fingerprint density at radius 2 is 1.50 bits per heavy atom. The molecule has 10 nitrogen and oxygen atoms in total. The SMILES string of the molecule is CC(C)CCO[C@@H]1O[C@H](CO[C@@H]2OC[C@@H](O)[C@H](O)[C@H]2O)[C@@H](O)[C@H](O)[C@H]1O. The largest absolute Gasteiger partial charge is 0.388 e. The van der Waals surface area contributed by atoms with Crippen LogP contribution in [0.2, 0.25) is 0 Å². The molecule has 2 saturated heterocycles. The first-order valence-electron chi connectivity index (χ1n) is 8.81. The van der Waals surface area contributed by atoms with Crippen LogP contribution in [-0.4, -0.2) is 106 Å². The highest BCUT2D eigenvalue weighted by Crippen LogP contribution is 2.24. The van der Waals surface area contributed by atoms with Gasteiger partial charge in [-0.3, -0.25) is 0 Å². The van der Waals surface area contributed by atoms with Crippen molar-refractivity contribution in [3.05, 3.63) is 0 Å². The molecule has 10 heteroatoms. The maximum Gasteiger partial charge on any atom is 0.186 e. The second-order valence-corrected chi connectivity index (χ2v) is 7.15. The van der Waals surface area contributed by atoms with Gasteiger partial charge in [0.15, 0.2) is 12.6 Å². The molecule has 0 saturated carbocycles. The van der Waals surface area contributed by atoms with E-state index in [2.05, 4.69) is 0 Å². The second kappa shape index (κ2) is 9.69. The molecule has 26 heavy (non-hydrogen) atoms. The zero-order chi connectivity index (χ0) is 19.4. The number of rotatable bonds is 7. The highest BCUT2D eigenvalue weighted by Gasteiger charge is 2.45. The van der Waals surface area contributed by atoms with E-state index in [4.69, 9.17) is 18.9 Å². The molecule has 0 unspecified atom stereocenters. The van der Waals surface area contributed by atoms with Gasteiger partial charge >= 0.3 is 0 Å². The van der Waals surface area contributed by atoms with Crippen LogP contribution in [0.1, 0.15) is 20.3 Å². The highest BCUT2D eigenvalue weighted by atomic mass is 16.7. The molecule has 2 aliphatic heterocycles. The summed E-state index contributed by atoms with van der Waals surface area (Å²) in [4.78, 5) is 0. The van der Waals surface area contributed by atoms with Crippen molar-refractivity contribution in [1.29, 1.82) is 0 Å². The predicted octanol–water partition coefficient (Wildman–Crippen LogP) is -2.69. The van der Waals surface area contributed by atoms with Gasteiger partial charge in [0.25, 0.3) is 0 Å². The number of aliphatic hydroxyl groups is 6. The summed E-state index contributed by atoms with van der Waals surface area (Å²) in [7, 11) is 0. The molecule has 0 amide bonds. The fraction of sp³-hybridized carbons (Fsp3) is 1.00. The third-order valence-corrected chi connectivity index (χ3v) is 4.52. The molecule has 9 atom stereocenters. The Kier molecular flexibility index (Phi) is 8.16. The van der Waals surface area contributed by atoms with Crippen molar-refractivity contribution in [3.8, 4) is 0 Å². The summed E-state index contributed by atoms with van der Waals surface area (Å²) in [5, 5.41) is 58.9. The number of hydrogen-bond acceptors (Lipinski definition) is 10. The molecule has 0 bridgehead atoms. The molecule has 0 aromatic heterocycles. The third-order valence-electron chi connectivity index (χ3n) is 4.52. The molecule has 154 valence electrons. The fourth-order valence-electron chi connectivity index (χ4n) is 2.73. The Hall–Kier alpha value is -0.400. The van der Waals surface area contributed by atoms with Crippen LogP contribution in [0, 0.1) is 5.92 Å². The molecular formula is C16H30O10. The Morgan fingerprint density at radius 3 is 2.15 bits per heavy atom. The van der Waals surface area contributed by atoms with Crippen molar-refractivity contribution in [2.45, 2.75) is 75.6 Å². The summed E-state index contributed by atoms with van der Waals surface area (Å²) in [5.74, 6) is 0.386. The van der Waals surface area contributed by atoms with Crippen LogP contribution in [0.5, 0.6) is 0 Å². The number of ether oxygens (including phenoxy) is 4. The highest BCUT2D eigenvalue weighted by molar-refractivity contribution is 4.90. The van der Waals surface area contributed by atoms with Crippen molar-refractivity contribution in [1.82, 2.24) is 0 Å². The maximum absolute atomic E-state index is 10.1. The van der Waals surface area contributed by atoms with Gasteiger partial charge in [0.05, 0.1) is 19.8 Å².